The molecule has 0 rings (SSSR count). The van der Waals surface area contributed by atoms with Crippen molar-refractivity contribution < 1.29 is 19.1 Å². The fraction of sp³-hybridized carbons (Fsp3) is 0.944. The summed E-state index contributed by atoms with van der Waals surface area (Å²) < 4.78 is 11.5. The van der Waals surface area contributed by atoms with Crippen molar-refractivity contribution in [3.05, 3.63) is 0 Å². The van der Waals surface area contributed by atoms with Gasteiger partial charge in [0.05, 0.1) is 5.92 Å². The van der Waals surface area contributed by atoms with Gasteiger partial charge < -0.3 is 14.4 Å². The molecule has 0 bridgehead atoms. The van der Waals surface area contributed by atoms with Gasteiger partial charge in [0.15, 0.2) is 0 Å². The zero-order chi connectivity index (χ0) is 30.4. The molecule has 0 aromatic carbocycles. The fourth-order valence-electron chi connectivity index (χ4n) is 5.35. The predicted octanol–water partition coefficient (Wildman–Crippen LogP) is 10.4. The van der Waals surface area contributed by atoms with Gasteiger partial charge in [-0.2, -0.15) is 0 Å². The number of ether oxygens (including phenoxy) is 2. The molecule has 244 valence electrons. The van der Waals surface area contributed by atoms with Gasteiger partial charge in [0.1, 0.15) is 12.7 Å². The average molecular weight is 582 g/mol. The maximum Gasteiger partial charge on any atom is 0.308 e. The van der Waals surface area contributed by atoms with E-state index in [-0.39, 0.29) is 30.6 Å². The van der Waals surface area contributed by atoms with Crippen LogP contribution in [0.25, 0.3) is 0 Å². The van der Waals surface area contributed by atoms with Crippen molar-refractivity contribution >= 4 is 11.9 Å². The molecule has 0 saturated carbocycles. The summed E-state index contributed by atoms with van der Waals surface area (Å²) in [5.41, 5.74) is 0. The van der Waals surface area contributed by atoms with E-state index < -0.39 is 0 Å². The molecule has 41 heavy (non-hydrogen) atoms. The maximum absolute atomic E-state index is 12.7. The van der Waals surface area contributed by atoms with Crippen LogP contribution in [-0.2, 0) is 19.1 Å². The highest BCUT2D eigenvalue weighted by Gasteiger charge is 2.20. The fourth-order valence-corrected chi connectivity index (χ4v) is 5.35. The Labute approximate surface area is 256 Å². The summed E-state index contributed by atoms with van der Waals surface area (Å²) >= 11 is 0. The van der Waals surface area contributed by atoms with Crippen LogP contribution in [0.5, 0.6) is 0 Å². The Morgan fingerprint density at radius 1 is 0.585 bits per heavy atom. The third-order valence-electron chi connectivity index (χ3n) is 8.22. The topological polar surface area (TPSA) is 55.8 Å². The zero-order valence-corrected chi connectivity index (χ0v) is 28.3. The second kappa shape index (κ2) is 30.4. The number of unbranched alkanes of at least 4 members (excludes halogenated alkanes) is 19. The summed E-state index contributed by atoms with van der Waals surface area (Å²) in [6, 6.07) is 0. The molecule has 0 radical (unpaired) electrons. The minimum Gasteiger partial charge on any atom is -0.462 e. The Kier molecular flexibility index (Phi) is 29.5. The van der Waals surface area contributed by atoms with Crippen LogP contribution in [0.15, 0.2) is 0 Å². The number of esters is 2. The third-order valence-corrected chi connectivity index (χ3v) is 8.22. The smallest absolute Gasteiger partial charge is 0.308 e. The molecular weight excluding hydrogens is 510 g/mol. The lowest BCUT2D eigenvalue weighted by Gasteiger charge is -2.19. The normalized spacial score (nSPS) is 12.9. The van der Waals surface area contributed by atoms with Gasteiger partial charge in [-0.15, -0.1) is 0 Å². The van der Waals surface area contributed by atoms with Crippen molar-refractivity contribution in [2.45, 2.75) is 187 Å². The van der Waals surface area contributed by atoms with Gasteiger partial charge in [-0.05, 0) is 52.7 Å². The van der Waals surface area contributed by atoms with Gasteiger partial charge in [0, 0.05) is 6.42 Å². The molecule has 0 aromatic rings. The summed E-state index contributed by atoms with van der Waals surface area (Å²) in [5.74, 6) is -0.395. The molecule has 0 spiro atoms. The van der Waals surface area contributed by atoms with Gasteiger partial charge in [0.2, 0.25) is 0 Å². The molecule has 5 heteroatoms. The van der Waals surface area contributed by atoms with Crippen molar-refractivity contribution in [3.63, 3.8) is 0 Å². The molecule has 0 heterocycles. The van der Waals surface area contributed by atoms with Crippen LogP contribution < -0.4 is 0 Å². The second-order valence-electron chi connectivity index (χ2n) is 12.8. The number of hydrogen-bond donors (Lipinski definition) is 0. The lowest BCUT2D eigenvalue weighted by Crippen LogP contribution is -2.27. The molecule has 0 aliphatic rings. The molecule has 0 N–H and O–H groups in total. The average Bonchev–Trinajstić information content (AvgIpc) is 2.95. The van der Waals surface area contributed by atoms with Gasteiger partial charge in [-0.1, -0.05) is 143 Å². The first-order chi connectivity index (χ1) is 19.9. The van der Waals surface area contributed by atoms with Crippen molar-refractivity contribution in [2.75, 3.05) is 27.2 Å². The van der Waals surface area contributed by atoms with Crippen LogP contribution in [0.4, 0.5) is 0 Å². The third kappa shape index (κ3) is 28.8. The Balaban J connectivity index is 4.20. The van der Waals surface area contributed by atoms with Crippen molar-refractivity contribution in [2.24, 2.45) is 5.92 Å². The van der Waals surface area contributed by atoms with Crippen LogP contribution in [0.2, 0.25) is 0 Å². The van der Waals surface area contributed by atoms with Crippen LogP contribution in [0, 0.1) is 5.92 Å². The molecule has 2 unspecified atom stereocenters. The Morgan fingerprint density at radius 3 is 1.49 bits per heavy atom. The van der Waals surface area contributed by atoms with Crippen LogP contribution >= 0.6 is 0 Å². The molecule has 0 fully saturated rings. The van der Waals surface area contributed by atoms with Crippen molar-refractivity contribution in [1.29, 1.82) is 0 Å². The quantitative estimate of drug-likeness (QED) is 0.0602. The zero-order valence-electron chi connectivity index (χ0n) is 28.3. The standard InChI is InChI=1S/C36H71NO4/c1-6-8-10-12-14-16-17-18-19-20-22-24-28-33(3)36(39)40-32-34(29-25-23-21-15-13-11-9-7-2)41-35(38)30-26-27-31-37(4)5/h33-34H,6-32H2,1-5H3. The summed E-state index contributed by atoms with van der Waals surface area (Å²) in [6.45, 7) is 7.67. The predicted molar refractivity (Wildman–Crippen MR) is 175 cm³/mol. The van der Waals surface area contributed by atoms with E-state index in [1.807, 2.05) is 21.0 Å². The maximum atomic E-state index is 12.7. The molecule has 0 aromatic heterocycles. The number of carbonyl (C=O) groups excluding carboxylic acids is 2. The van der Waals surface area contributed by atoms with Crippen molar-refractivity contribution in [1.82, 2.24) is 4.90 Å². The van der Waals surface area contributed by atoms with Gasteiger partial charge >= 0.3 is 11.9 Å². The van der Waals surface area contributed by atoms with E-state index in [1.54, 1.807) is 0 Å². The lowest BCUT2D eigenvalue weighted by molar-refractivity contribution is -0.161. The van der Waals surface area contributed by atoms with Crippen molar-refractivity contribution in [3.8, 4) is 0 Å². The number of rotatable bonds is 31. The number of nitrogens with zero attached hydrogens (tertiary/aromatic N) is 1. The highest BCUT2D eigenvalue weighted by Crippen LogP contribution is 2.17. The van der Waals surface area contributed by atoms with E-state index >= 15 is 0 Å². The van der Waals surface area contributed by atoms with E-state index in [1.165, 1.54) is 109 Å². The van der Waals surface area contributed by atoms with E-state index in [0.717, 1.165) is 51.5 Å². The van der Waals surface area contributed by atoms with Crippen LogP contribution in [0.3, 0.4) is 0 Å². The Hall–Kier alpha value is -1.10. The van der Waals surface area contributed by atoms with Gasteiger partial charge in [0.25, 0.3) is 0 Å². The highest BCUT2D eigenvalue weighted by atomic mass is 16.6. The summed E-state index contributed by atoms with van der Waals surface area (Å²) in [4.78, 5) is 27.3. The molecule has 2 atom stereocenters. The lowest BCUT2D eigenvalue weighted by atomic mass is 10.0. The van der Waals surface area contributed by atoms with E-state index in [9.17, 15) is 9.59 Å². The van der Waals surface area contributed by atoms with Gasteiger partial charge in [-0.3, -0.25) is 9.59 Å². The molecule has 5 nitrogen and oxygen atoms in total. The first-order valence-corrected chi connectivity index (χ1v) is 17.9. The molecule has 0 aliphatic heterocycles. The molecule has 0 amide bonds. The highest BCUT2D eigenvalue weighted by molar-refractivity contribution is 5.72. The van der Waals surface area contributed by atoms with Crippen LogP contribution in [0.1, 0.15) is 181 Å². The monoisotopic (exact) mass is 582 g/mol. The SMILES string of the molecule is CCCCCCCCCCCCCCC(C)C(=O)OCC(CCCCCCCCCC)OC(=O)CCCCN(C)C. The molecule has 0 aliphatic carbocycles. The first-order valence-electron chi connectivity index (χ1n) is 17.9. The molecular formula is C36H71NO4. The van der Waals surface area contributed by atoms with E-state index in [4.69, 9.17) is 9.47 Å². The second-order valence-corrected chi connectivity index (χ2v) is 12.8. The van der Waals surface area contributed by atoms with E-state index in [0.29, 0.717) is 6.42 Å². The first kappa shape index (κ1) is 39.9. The van der Waals surface area contributed by atoms with E-state index in [2.05, 4.69) is 18.7 Å². The minimum atomic E-state index is -0.320. The van der Waals surface area contributed by atoms with Gasteiger partial charge in [-0.25, -0.2) is 0 Å². The Morgan fingerprint density at radius 2 is 1.02 bits per heavy atom. The number of hydrogen-bond acceptors (Lipinski definition) is 5. The summed E-state index contributed by atoms with van der Waals surface area (Å²) in [7, 11) is 4.09. The summed E-state index contributed by atoms with van der Waals surface area (Å²) in [5, 5.41) is 0. The largest absolute Gasteiger partial charge is 0.462 e. The summed E-state index contributed by atoms with van der Waals surface area (Å²) in [6.07, 6.45) is 29.4. The number of carbonyl (C=O) groups is 2. The molecule has 0 saturated heterocycles. The Bertz CT molecular complexity index is 580. The van der Waals surface area contributed by atoms with Crippen LogP contribution in [-0.4, -0.2) is 50.2 Å². The minimum absolute atomic E-state index is 0.0939.